The molecule has 0 aliphatic carbocycles. The summed E-state index contributed by atoms with van der Waals surface area (Å²) < 4.78 is 16.3. The van der Waals surface area contributed by atoms with Crippen molar-refractivity contribution in [3.05, 3.63) is 60.7 Å². The van der Waals surface area contributed by atoms with E-state index in [4.69, 9.17) is 14.2 Å². The smallest absolute Gasteiger partial charge is 0.329 e. The van der Waals surface area contributed by atoms with Gasteiger partial charge in [0, 0.05) is 0 Å². The van der Waals surface area contributed by atoms with Gasteiger partial charge in [-0.1, -0.05) is 36.4 Å². The average Bonchev–Trinajstić information content (AvgIpc) is 2.67. The van der Waals surface area contributed by atoms with Gasteiger partial charge >= 0.3 is 5.97 Å². The van der Waals surface area contributed by atoms with Gasteiger partial charge in [-0.15, -0.1) is 0 Å². The first-order valence-corrected chi connectivity index (χ1v) is 8.33. The maximum Gasteiger partial charge on any atom is 0.329 e. The zero-order valence-electron chi connectivity index (χ0n) is 14.7. The molecule has 2 aromatic rings. The molecule has 0 spiro atoms. The average molecular weight is 343 g/mol. The van der Waals surface area contributed by atoms with Crippen LogP contribution in [0.1, 0.15) is 13.3 Å². The van der Waals surface area contributed by atoms with Crippen LogP contribution in [0.25, 0.3) is 0 Å². The lowest BCUT2D eigenvalue weighted by Crippen LogP contribution is -2.55. The Balaban J connectivity index is 1.79. The fourth-order valence-corrected chi connectivity index (χ4v) is 2.29. The maximum absolute atomic E-state index is 12.1. The zero-order valence-corrected chi connectivity index (χ0v) is 14.7. The Morgan fingerprint density at radius 2 is 1.52 bits per heavy atom. The molecule has 1 unspecified atom stereocenters. The number of ether oxygens (including phenoxy) is 3. The number of carbonyl (C=O) groups is 1. The molecule has 0 radical (unpaired) electrons. The van der Waals surface area contributed by atoms with Gasteiger partial charge in [0.05, 0.1) is 13.7 Å². The fourth-order valence-electron chi connectivity index (χ4n) is 2.29. The second-order valence-electron chi connectivity index (χ2n) is 5.87. The third kappa shape index (κ3) is 6.12. The summed E-state index contributed by atoms with van der Waals surface area (Å²) in [6.45, 7) is 3.13. The molecule has 5 heteroatoms. The molecule has 0 amide bonds. The van der Waals surface area contributed by atoms with E-state index in [1.807, 2.05) is 60.7 Å². The van der Waals surface area contributed by atoms with Crippen molar-refractivity contribution in [1.82, 2.24) is 5.32 Å². The van der Waals surface area contributed by atoms with Gasteiger partial charge in [-0.05, 0) is 44.2 Å². The molecule has 2 aromatic carbocycles. The van der Waals surface area contributed by atoms with Crippen molar-refractivity contribution in [2.45, 2.75) is 18.9 Å². The molecule has 0 saturated carbocycles. The van der Waals surface area contributed by atoms with E-state index in [0.717, 1.165) is 12.2 Å². The van der Waals surface area contributed by atoms with Crippen LogP contribution < -0.4 is 14.8 Å². The molecule has 25 heavy (non-hydrogen) atoms. The van der Waals surface area contributed by atoms with E-state index < -0.39 is 5.54 Å². The van der Waals surface area contributed by atoms with E-state index in [9.17, 15) is 4.79 Å². The van der Waals surface area contributed by atoms with Crippen molar-refractivity contribution in [3.63, 3.8) is 0 Å². The van der Waals surface area contributed by atoms with E-state index in [1.54, 1.807) is 6.92 Å². The first-order chi connectivity index (χ1) is 12.1. The number of esters is 1. The Morgan fingerprint density at radius 3 is 2.08 bits per heavy atom. The van der Waals surface area contributed by atoms with Crippen molar-refractivity contribution in [3.8, 4) is 11.5 Å². The summed E-state index contributed by atoms with van der Waals surface area (Å²) in [5.41, 5.74) is -0.919. The van der Waals surface area contributed by atoms with Crippen LogP contribution in [0.4, 0.5) is 0 Å². The maximum atomic E-state index is 12.1. The van der Waals surface area contributed by atoms with Crippen LogP contribution in [0.5, 0.6) is 11.5 Å². The van der Waals surface area contributed by atoms with Crippen LogP contribution in [0.2, 0.25) is 0 Å². The third-order valence-electron chi connectivity index (χ3n) is 3.75. The van der Waals surface area contributed by atoms with Gasteiger partial charge in [0.15, 0.2) is 0 Å². The number of carbonyl (C=O) groups excluding carboxylic acids is 1. The van der Waals surface area contributed by atoms with Crippen LogP contribution in [0.15, 0.2) is 60.7 Å². The molecule has 134 valence electrons. The van der Waals surface area contributed by atoms with Crippen molar-refractivity contribution in [2.75, 3.05) is 26.9 Å². The van der Waals surface area contributed by atoms with Gasteiger partial charge in [-0.2, -0.15) is 0 Å². The largest absolute Gasteiger partial charge is 0.494 e. The molecule has 0 aromatic heterocycles. The minimum atomic E-state index is -0.919. The predicted octanol–water partition coefficient (Wildman–Crippen LogP) is 3.06. The molecule has 2 rings (SSSR count). The molecular weight excluding hydrogens is 318 g/mol. The number of hydrogen-bond donors (Lipinski definition) is 1. The molecule has 1 N–H and O–H groups in total. The van der Waals surface area contributed by atoms with Gasteiger partial charge in [-0.3, -0.25) is 5.32 Å². The lowest BCUT2D eigenvalue weighted by molar-refractivity contribution is -0.149. The van der Waals surface area contributed by atoms with Crippen LogP contribution in [-0.2, 0) is 9.53 Å². The molecule has 0 saturated heterocycles. The summed E-state index contributed by atoms with van der Waals surface area (Å²) in [6, 6.07) is 19.0. The van der Waals surface area contributed by atoms with Crippen LogP contribution >= 0.6 is 0 Å². The summed E-state index contributed by atoms with van der Waals surface area (Å²) >= 11 is 0. The summed E-state index contributed by atoms with van der Waals surface area (Å²) in [7, 11) is 1.38. The first-order valence-electron chi connectivity index (χ1n) is 8.33. The highest BCUT2D eigenvalue weighted by Crippen LogP contribution is 2.14. The second kappa shape index (κ2) is 9.69. The van der Waals surface area contributed by atoms with Gasteiger partial charge in [0.25, 0.3) is 0 Å². The van der Waals surface area contributed by atoms with Gasteiger partial charge in [0.2, 0.25) is 0 Å². The van der Waals surface area contributed by atoms with Crippen LogP contribution in [0.3, 0.4) is 0 Å². The molecule has 0 bridgehead atoms. The first kappa shape index (κ1) is 18.8. The molecule has 0 aliphatic heterocycles. The Morgan fingerprint density at radius 1 is 0.960 bits per heavy atom. The number of benzene rings is 2. The molecule has 1 atom stereocenters. The summed E-state index contributed by atoms with van der Waals surface area (Å²) in [5.74, 6) is 1.20. The molecule has 5 nitrogen and oxygen atoms in total. The Hall–Kier alpha value is -2.53. The zero-order chi connectivity index (χ0) is 18.0. The van der Waals surface area contributed by atoms with Crippen molar-refractivity contribution in [1.29, 1.82) is 0 Å². The molecular formula is C20H25NO4. The van der Waals surface area contributed by atoms with E-state index in [-0.39, 0.29) is 12.6 Å². The van der Waals surface area contributed by atoms with E-state index in [2.05, 4.69) is 5.32 Å². The Labute approximate surface area is 148 Å². The highest BCUT2D eigenvalue weighted by atomic mass is 16.5. The van der Waals surface area contributed by atoms with Crippen LogP contribution in [0, 0.1) is 0 Å². The summed E-state index contributed by atoms with van der Waals surface area (Å²) in [4.78, 5) is 12.1. The molecule has 0 aliphatic rings. The highest BCUT2D eigenvalue weighted by molar-refractivity contribution is 5.80. The lowest BCUT2D eigenvalue weighted by Gasteiger charge is -2.28. The fraction of sp³-hybridized carbons (Fsp3) is 0.350. The van der Waals surface area contributed by atoms with Crippen molar-refractivity contribution < 1.29 is 19.0 Å². The number of para-hydroxylation sites is 2. The minimum absolute atomic E-state index is 0.184. The monoisotopic (exact) mass is 343 g/mol. The normalized spacial score (nSPS) is 12.9. The Kier molecular flexibility index (Phi) is 7.29. The number of hydrogen-bond acceptors (Lipinski definition) is 5. The molecule has 0 fully saturated rings. The number of rotatable bonds is 10. The van der Waals surface area contributed by atoms with E-state index in [0.29, 0.717) is 18.9 Å². The highest BCUT2D eigenvalue weighted by Gasteiger charge is 2.34. The quantitative estimate of drug-likeness (QED) is 0.531. The minimum Gasteiger partial charge on any atom is -0.494 e. The Bertz CT molecular complexity index is 633. The van der Waals surface area contributed by atoms with Gasteiger partial charge < -0.3 is 14.2 Å². The summed E-state index contributed by atoms with van der Waals surface area (Å²) in [6.07, 6.45) is 0.757. The number of methoxy groups -OCH3 is 1. The van der Waals surface area contributed by atoms with Crippen molar-refractivity contribution >= 4 is 5.97 Å². The third-order valence-corrected chi connectivity index (χ3v) is 3.75. The van der Waals surface area contributed by atoms with E-state index in [1.165, 1.54) is 7.11 Å². The van der Waals surface area contributed by atoms with E-state index >= 15 is 0 Å². The second-order valence-corrected chi connectivity index (χ2v) is 5.87. The topological polar surface area (TPSA) is 56.8 Å². The van der Waals surface area contributed by atoms with Gasteiger partial charge in [-0.25, -0.2) is 4.79 Å². The summed E-state index contributed by atoms with van der Waals surface area (Å²) in [5, 5.41) is 3.22. The molecule has 0 heterocycles. The predicted molar refractivity (Wildman–Crippen MR) is 96.9 cm³/mol. The standard InChI is InChI=1S/C20H25NO4/c1-20(19(22)23-2,16-25-18-12-7-4-8-13-18)21-14-9-15-24-17-10-5-3-6-11-17/h3-8,10-13,21H,9,14-16H2,1-2H3. The van der Waals surface area contributed by atoms with Crippen LogP contribution in [-0.4, -0.2) is 38.4 Å². The number of nitrogens with one attached hydrogen (secondary N) is 1. The van der Waals surface area contributed by atoms with Gasteiger partial charge in [0.1, 0.15) is 23.6 Å². The lowest BCUT2D eigenvalue weighted by atomic mass is 10.0. The van der Waals surface area contributed by atoms with Crippen molar-refractivity contribution in [2.24, 2.45) is 0 Å². The SMILES string of the molecule is COC(=O)C(C)(COc1ccccc1)NCCCOc1ccccc1.